The van der Waals surface area contributed by atoms with Crippen LogP contribution in [0, 0.1) is 5.92 Å². The Morgan fingerprint density at radius 3 is 2.68 bits per heavy atom. The van der Waals surface area contributed by atoms with Crippen LogP contribution in [0.2, 0.25) is 0 Å². The summed E-state index contributed by atoms with van der Waals surface area (Å²) < 4.78 is 5.73. The number of rotatable bonds is 5. The van der Waals surface area contributed by atoms with Crippen molar-refractivity contribution in [1.29, 1.82) is 0 Å². The van der Waals surface area contributed by atoms with Crippen molar-refractivity contribution in [2.24, 2.45) is 5.92 Å². The average molecular weight is 343 g/mol. The first-order valence-corrected chi connectivity index (χ1v) is 8.80. The molecule has 0 bridgehead atoms. The lowest BCUT2D eigenvalue weighted by Crippen LogP contribution is -2.32. The summed E-state index contributed by atoms with van der Waals surface area (Å²) in [6.45, 7) is 4.71. The topological polar surface area (TPSA) is 87.4 Å². The van der Waals surface area contributed by atoms with E-state index in [0.29, 0.717) is 30.0 Å². The lowest BCUT2D eigenvalue weighted by atomic mass is 10.1. The Labute approximate surface area is 147 Å². The third-order valence-corrected chi connectivity index (χ3v) is 4.55. The molecule has 1 aliphatic rings. The van der Waals surface area contributed by atoms with Crippen LogP contribution in [0.3, 0.4) is 0 Å². The highest BCUT2D eigenvalue weighted by molar-refractivity contribution is 5.89. The van der Waals surface area contributed by atoms with E-state index in [9.17, 15) is 9.90 Å². The summed E-state index contributed by atoms with van der Waals surface area (Å²) in [4.78, 5) is 16.3. The number of carbonyl (C=O) groups excluding carboxylic acids is 1. The van der Waals surface area contributed by atoms with Gasteiger partial charge in [0.2, 0.25) is 5.89 Å². The first kappa shape index (κ1) is 17.5. The Morgan fingerprint density at radius 2 is 2.08 bits per heavy atom. The molecule has 1 heterocycles. The maximum absolute atomic E-state index is 12.0. The van der Waals surface area contributed by atoms with Crippen LogP contribution in [0.5, 0.6) is 0 Å². The molecule has 134 valence electrons. The Hall–Kier alpha value is -2.34. The summed E-state index contributed by atoms with van der Waals surface area (Å²) in [5.41, 5.74) is 1.58. The van der Waals surface area contributed by atoms with Crippen molar-refractivity contribution in [2.45, 2.75) is 45.1 Å². The number of hydrogen-bond donors (Lipinski definition) is 3. The van der Waals surface area contributed by atoms with Gasteiger partial charge in [0.05, 0.1) is 12.3 Å². The van der Waals surface area contributed by atoms with Crippen molar-refractivity contribution in [2.75, 3.05) is 11.9 Å². The summed E-state index contributed by atoms with van der Waals surface area (Å²) in [5.74, 6) is 2.10. The van der Waals surface area contributed by atoms with Crippen molar-refractivity contribution in [3.63, 3.8) is 0 Å². The largest absolute Gasteiger partial charge is 0.441 e. The highest BCUT2D eigenvalue weighted by atomic mass is 16.4. The van der Waals surface area contributed by atoms with Gasteiger partial charge in [0, 0.05) is 23.7 Å². The van der Waals surface area contributed by atoms with Gasteiger partial charge in [0.1, 0.15) is 5.76 Å². The number of amides is 2. The van der Waals surface area contributed by atoms with Crippen LogP contribution in [0.15, 0.2) is 34.9 Å². The van der Waals surface area contributed by atoms with Gasteiger partial charge in [-0.1, -0.05) is 13.8 Å². The molecule has 6 heteroatoms. The molecule has 1 fully saturated rings. The quantitative estimate of drug-likeness (QED) is 0.771. The van der Waals surface area contributed by atoms with E-state index in [-0.39, 0.29) is 12.1 Å². The summed E-state index contributed by atoms with van der Waals surface area (Å²) >= 11 is 0. The highest BCUT2D eigenvalue weighted by Crippen LogP contribution is 2.25. The third-order valence-electron chi connectivity index (χ3n) is 4.55. The molecule has 0 saturated heterocycles. The molecule has 1 aromatic carbocycles. The maximum Gasteiger partial charge on any atom is 0.319 e. The SMILES string of the molecule is CC(C)c1cnc(-c2ccc(NC(=O)NC[C@@H]3CC[C@@H](O)C3)cc2)o1. The summed E-state index contributed by atoms with van der Waals surface area (Å²) in [7, 11) is 0. The number of aliphatic hydroxyl groups is 1. The van der Waals surface area contributed by atoms with Crippen molar-refractivity contribution in [3.8, 4) is 11.5 Å². The molecule has 0 aliphatic heterocycles. The number of aliphatic hydroxyl groups excluding tert-OH is 1. The zero-order valence-corrected chi connectivity index (χ0v) is 14.7. The van der Waals surface area contributed by atoms with Gasteiger partial charge >= 0.3 is 6.03 Å². The molecule has 2 aromatic rings. The van der Waals surface area contributed by atoms with E-state index >= 15 is 0 Å². The predicted octanol–water partition coefficient (Wildman–Crippen LogP) is 3.75. The third kappa shape index (κ3) is 4.60. The fourth-order valence-electron chi connectivity index (χ4n) is 3.03. The fraction of sp³-hybridized carbons (Fsp3) is 0.474. The van der Waals surface area contributed by atoms with Crippen LogP contribution in [-0.2, 0) is 0 Å². The van der Waals surface area contributed by atoms with E-state index < -0.39 is 0 Å². The number of urea groups is 1. The van der Waals surface area contributed by atoms with E-state index in [4.69, 9.17) is 4.42 Å². The average Bonchev–Trinajstić information content (AvgIpc) is 3.23. The van der Waals surface area contributed by atoms with Gasteiger partial charge in [-0.15, -0.1) is 0 Å². The normalized spacial score (nSPS) is 20.0. The van der Waals surface area contributed by atoms with Crippen molar-refractivity contribution in [1.82, 2.24) is 10.3 Å². The molecule has 1 saturated carbocycles. The molecule has 0 spiro atoms. The van der Waals surface area contributed by atoms with E-state index in [0.717, 1.165) is 30.6 Å². The molecule has 3 rings (SSSR count). The van der Waals surface area contributed by atoms with E-state index in [1.54, 1.807) is 6.20 Å². The van der Waals surface area contributed by atoms with E-state index in [1.165, 1.54) is 0 Å². The highest BCUT2D eigenvalue weighted by Gasteiger charge is 2.22. The number of carbonyl (C=O) groups is 1. The summed E-state index contributed by atoms with van der Waals surface area (Å²) in [6, 6.07) is 7.17. The van der Waals surface area contributed by atoms with Crippen molar-refractivity contribution in [3.05, 3.63) is 36.2 Å². The molecule has 25 heavy (non-hydrogen) atoms. The Kier molecular flexibility index (Phi) is 5.38. The van der Waals surface area contributed by atoms with Crippen LogP contribution in [0.25, 0.3) is 11.5 Å². The first-order chi connectivity index (χ1) is 12.0. The fourth-order valence-corrected chi connectivity index (χ4v) is 3.03. The van der Waals surface area contributed by atoms with Crippen LogP contribution in [0.4, 0.5) is 10.5 Å². The summed E-state index contributed by atoms with van der Waals surface area (Å²) in [6.07, 6.45) is 4.09. The Bertz CT molecular complexity index is 709. The van der Waals surface area contributed by atoms with E-state index in [2.05, 4.69) is 29.5 Å². The molecular formula is C19H25N3O3. The number of nitrogens with one attached hydrogen (secondary N) is 2. The number of oxazole rings is 1. The van der Waals surface area contributed by atoms with Gasteiger partial charge < -0.3 is 20.2 Å². The predicted molar refractivity (Wildman–Crippen MR) is 96.4 cm³/mol. The van der Waals surface area contributed by atoms with Gasteiger partial charge in [-0.05, 0) is 49.4 Å². The van der Waals surface area contributed by atoms with E-state index in [1.807, 2.05) is 24.3 Å². The van der Waals surface area contributed by atoms with Crippen LogP contribution in [-0.4, -0.2) is 28.8 Å². The monoisotopic (exact) mass is 343 g/mol. The molecule has 6 nitrogen and oxygen atoms in total. The number of anilines is 1. The number of nitrogens with zero attached hydrogens (tertiary/aromatic N) is 1. The minimum atomic E-state index is -0.229. The zero-order valence-electron chi connectivity index (χ0n) is 14.7. The second-order valence-electron chi connectivity index (χ2n) is 6.97. The smallest absolute Gasteiger partial charge is 0.319 e. The Balaban J connectivity index is 1.52. The van der Waals surface area contributed by atoms with Crippen LogP contribution >= 0.6 is 0 Å². The van der Waals surface area contributed by atoms with Gasteiger partial charge in [0.15, 0.2) is 0 Å². The second kappa shape index (κ2) is 7.70. The minimum absolute atomic E-state index is 0.214. The standard InChI is InChI=1S/C19H25N3O3/c1-12(2)17-11-20-18(25-17)14-4-6-15(7-5-14)22-19(24)21-10-13-3-8-16(23)9-13/h4-7,11-13,16,23H,3,8-10H2,1-2H3,(H2,21,22,24)/t13-,16-/m1/s1. The molecule has 1 aromatic heterocycles. The van der Waals surface area contributed by atoms with Crippen LogP contribution in [0.1, 0.15) is 44.8 Å². The second-order valence-corrected chi connectivity index (χ2v) is 6.97. The zero-order chi connectivity index (χ0) is 17.8. The number of aromatic nitrogens is 1. The molecule has 0 radical (unpaired) electrons. The molecular weight excluding hydrogens is 318 g/mol. The van der Waals surface area contributed by atoms with Gasteiger partial charge in [0.25, 0.3) is 0 Å². The number of benzene rings is 1. The first-order valence-electron chi connectivity index (χ1n) is 8.80. The maximum atomic E-state index is 12.0. The number of hydrogen-bond acceptors (Lipinski definition) is 4. The molecule has 1 aliphatic carbocycles. The van der Waals surface area contributed by atoms with Crippen molar-refractivity contribution < 1.29 is 14.3 Å². The molecule has 2 atom stereocenters. The lowest BCUT2D eigenvalue weighted by Gasteiger charge is -2.12. The molecule has 2 amide bonds. The minimum Gasteiger partial charge on any atom is -0.441 e. The lowest BCUT2D eigenvalue weighted by molar-refractivity contribution is 0.177. The van der Waals surface area contributed by atoms with Crippen LogP contribution < -0.4 is 10.6 Å². The Morgan fingerprint density at radius 1 is 1.32 bits per heavy atom. The van der Waals surface area contributed by atoms with Gasteiger partial charge in [-0.3, -0.25) is 0 Å². The summed E-state index contributed by atoms with van der Waals surface area (Å²) in [5, 5.41) is 15.2. The molecule has 0 unspecified atom stereocenters. The molecule has 3 N–H and O–H groups in total. The van der Waals surface area contributed by atoms with Gasteiger partial charge in [-0.2, -0.15) is 0 Å². The van der Waals surface area contributed by atoms with Crippen molar-refractivity contribution >= 4 is 11.7 Å². The van der Waals surface area contributed by atoms with Gasteiger partial charge in [-0.25, -0.2) is 9.78 Å².